The highest BCUT2D eigenvalue weighted by Crippen LogP contribution is 2.19. The number of carbonyl (C=O) groups is 1. The van der Waals surface area contributed by atoms with Crippen LogP contribution in [0.2, 0.25) is 0 Å². The molecule has 0 fully saturated rings. The fourth-order valence-electron chi connectivity index (χ4n) is 2.05. The van der Waals surface area contributed by atoms with Crippen LogP contribution >= 0.6 is 0 Å². The molecular weight excluding hydrogens is 254 g/mol. The van der Waals surface area contributed by atoms with Crippen molar-refractivity contribution in [2.45, 2.75) is 19.9 Å². The number of hydrogen-bond donors (Lipinski definition) is 1. The van der Waals surface area contributed by atoms with Gasteiger partial charge in [0.2, 0.25) is 5.56 Å². The van der Waals surface area contributed by atoms with Gasteiger partial charge in [-0.25, -0.2) is 0 Å². The second kappa shape index (κ2) is 5.69. The van der Waals surface area contributed by atoms with Crippen molar-refractivity contribution in [2.75, 3.05) is 7.05 Å². The number of rotatable bonds is 3. The Morgan fingerprint density at radius 3 is 2.55 bits per heavy atom. The molecule has 0 aliphatic carbocycles. The fraction of sp³-hybridized carbons (Fsp3) is 0.267. The van der Waals surface area contributed by atoms with Crippen LogP contribution in [-0.2, 0) is 0 Å². The third-order valence-corrected chi connectivity index (χ3v) is 3.32. The number of aryl methyl sites for hydroxylation is 1. The first-order chi connectivity index (χ1) is 9.49. The van der Waals surface area contributed by atoms with E-state index < -0.39 is 0 Å². The Balaban J connectivity index is 2.26. The number of H-pyrrole nitrogens is 1. The summed E-state index contributed by atoms with van der Waals surface area (Å²) in [5.74, 6) is -0.177. The van der Waals surface area contributed by atoms with Crippen molar-refractivity contribution in [1.82, 2.24) is 14.9 Å². The third-order valence-electron chi connectivity index (χ3n) is 3.32. The number of nitrogens with zero attached hydrogens (tertiary/aromatic N) is 2. The van der Waals surface area contributed by atoms with Crippen LogP contribution in [0.25, 0.3) is 0 Å². The van der Waals surface area contributed by atoms with E-state index >= 15 is 0 Å². The molecule has 2 aromatic rings. The maximum Gasteiger partial charge on any atom is 0.254 e. The highest BCUT2D eigenvalue weighted by atomic mass is 16.2. The van der Waals surface area contributed by atoms with Gasteiger partial charge in [0.25, 0.3) is 5.91 Å². The minimum absolute atomic E-state index is 0.0925. The van der Waals surface area contributed by atoms with E-state index in [0.29, 0.717) is 11.3 Å². The molecular formula is C15H17N3O2. The normalized spacial score (nSPS) is 11.9. The summed E-state index contributed by atoms with van der Waals surface area (Å²) < 4.78 is 0. The molecule has 0 radical (unpaired) electrons. The first-order valence-corrected chi connectivity index (χ1v) is 6.37. The van der Waals surface area contributed by atoms with E-state index in [2.05, 4.69) is 9.97 Å². The molecule has 5 nitrogen and oxygen atoms in total. The minimum Gasteiger partial charge on any atom is -0.335 e. The van der Waals surface area contributed by atoms with Crippen LogP contribution in [-0.4, -0.2) is 27.8 Å². The Bertz CT molecular complexity index is 664. The maximum absolute atomic E-state index is 12.4. The maximum atomic E-state index is 12.4. The van der Waals surface area contributed by atoms with Crippen LogP contribution in [0.4, 0.5) is 0 Å². The van der Waals surface area contributed by atoms with Crippen LogP contribution in [0.3, 0.4) is 0 Å². The summed E-state index contributed by atoms with van der Waals surface area (Å²) in [5.41, 5.74) is 1.80. The Labute approximate surface area is 117 Å². The van der Waals surface area contributed by atoms with Crippen molar-refractivity contribution >= 4 is 5.91 Å². The molecule has 5 heteroatoms. The molecule has 1 amide bonds. The lowest BCUT2D eigenvalue weighted by atomic mass is 10.1. The summed E-state index contributed by atoms with van der Waals surface area (Å²) in [5, 5.41) is 0. The lowest BCUT2D eigenvalue weighted by molar-refractivity contribution is 0.0742. The minimum atomic E-state index is -0.265. The highest BCUT2D eigenvalue weighted by Gasteiger charge is 2.19. The van der Waals surface area contributed by atoms with Gasteiger partial charge >= 0.3 is 0 Å². The van der Waals surface area contributed by atoms with Gasteiger partial charge in [-0.15, -0.1) is 0 Å². The van der Waals surface area contributed by atoms with Crippen LogP contribution < -0.4 is 5.56 Å². The van der Waals surface area contributed by atoms with E-state index in [4.69, 9.17) is 0 Å². The average molecular weight is 271 g/mol. The van der Waals surface area contributed by atoms with Crippen molar-refractivity contribution in [3.05, 3.63) is 63.8 Å². The molecule has 0 bridgehead atoms. The van der Waals surface area contributed by atoms with Gasteiger partial charge in [0.1, 0.15) is 0 Å². The zero-order valence-electron chi connectivity index (χ0n) is 11.8. The van der Waals surface area contributed by atoms with E-state index in [0.717, 1.165) is 5.56 Å². The molecule has 0 aliphatic rings. The molecule has 0 unspecified atom stereocenters. The number of nitrogens with one attached hydrogen (secondary N) is 1. The lowest BCUT2D eigenvalue weighted by Gasteiger charge is -2.25. The number of aromatic nitrogens is 2. The van der Waals surface area contributed by atoms with Crippen molar-refractivity contribution in [1.29, 1.82) is 0 Å². The van der Waals surface area contributed by atoms with Crippen LogP contribution in [0.15, 0.2) is 41.5 Å². The first kappa shape index (κ1) is 14.0. The molecule has 2 heterocycles. The number of carbonyl (C=O) groups excluding carboxylic acids is 1. The highest BCUT2D eigenvalue weighted by molar-refractivity contribution is 5.94. The number of amides is 1. The van der Waals surface area contributed by atoms with Crippen LogP contribution in [0, 0.1) is 6.92 Å². The Hall–Kier alpha value is -2.43. The number of pyridine rings is 2. The largest absolute Gasteiger partial charge is 0.335 e. The second-order valence-electron chi connectivity index (χ2n) is 4.79. The molecule has 104 valence electrons. The smallest absolute Gasteiger partial charge is 0.254 e. The van der Waals surface area contributed by atoms with Gasteiger partial charge < -0.3 is 9.88 Å². The molecule has 1 N–H and O–H groups in total. The van der Waals surface area contributed by atoms with Crippen molar-refractivity contribution in [2.24, 2.45) is 0 Å². The number of hydrogen-bond acceptors (Lipinski definition) is 3. The molecule has 1 atom stereocenters. The summed E-state index contributed by atoms with van der Waals surface area (Å²) in [4.78, 5) is 32.1. The lowest BCUT2D eigenvalue weighted by Crippen LogP contribution is -2.30. The van der Waals surface area contributed by atoms with Gasteiger partial charge in [-0.3, -0.25) is 14.6 Å². The molecule has 0 spiro atoms. The summed E-state index contributed by atoms with van der Waals surface area (Å²) in [6.07, 6.45) is 3.39. The molecule has 2 rings (SSSR count). The van der Waals surface area contributed by atoms with Crippen LogP contribution in [0.1, 0.15) is 34.6 Å². The second-order valence-corrected chi connectivity index (χ2v) is 4.79. The molecule has 0 aromatic carbocycles. The monoisotopic (exact) mass is 271 g/mol. The third kappa shape index (κ3) is 2.93. The van der Waals surface area contributed by atoms with E-state index in [1.54, 1.807) is 37.3 Å². The summed E-state index contributed by atoms with van der Waals surface area (Å²) >= 11 is 0. The van der Waals surface area contributed by atoms with E-state index in [9.17, 15) is 9.59 Å². The van der Waals surface area contributed by atoms with Crippen molar-refractivity contribution in [3.63, 3.8) is 0 Å². The zero-order chi connectivity index (χ0) is 14.7. The van der Waals surface area contributed by atoms with E-state index in [-0.39, 0.29) is 17.5 Å². The molecule has 2 aromatic heterocycles. The van der Waals surface area contributed by atoms with Gasteiger partial charge in [0.05, 0.1) is 6.04 Å². The topological polar surface area (TPSA) is 66.1 Å². The summed E-state index contributed by atoms with van der Waals surface area (Å²) in [6, 6.07) is 6.66. The Morgan fingerprint density at radius 2 is 1.95 bits per heavy atom. The zero-order valence-corrected chi connectivity index (χ0v) is 11.8. The predicted molar refractivity (Wildman–Crippen MR) is 76.5 cm³/mol. The van der Waals surface area contributed by atoms with Gasteiger partial charge in [0.15, 0.2) is 0 Å². The Kier molecular flexibility index (Phi) is 3.98. The fourth-order valence-corrected chi connectivity index (χ4v) is 2.05. The summed E-state index contributed by atoms with van der Waals surface area (Å²) in [7, 11) is 1.73. The standard InChI is InChI=1S/C15H17N3O2/c1-10-8-13(9-14(19)17-10)15(20)18(3)11(2)12-4-6-16-7-5-12/h4-9,11H,1-3H3,(H,17,19)/t11-/m0/s1. The SMILES string of the molecule is Cc1cc(C(=O)N(C)[C@@H](C)c2ccncc2)cc(=O)[nH]1. The number of aromatic amines is 1. The summed E-state index contributed by atoms with van der Waals surface area (Å²) in [6.45, 7) is 3.69. The van der Waals surface area contributed by atoms with Gasteiger partial charge in [-0.05, 0) is 37.6 Å². The molecule has 0 saturated carbocycles. The van der Waals surface area contributed by atoms with Crippen LogP contribution in [0.5, 0.6) is 0 Å². The molecule has 20 heavy (non-hydrogen) atoms. The van der Waals surface area contributed by atoms with Gasteiger partial charge in [-0.2, -0.15) is 0 Å². The predicted octanol–water partition coefficient (Wildman–Crippen LogP) is 1.91. The van der Waals surface area contributed by atoms with E-state index in [1.807, 2.05) is 19.1 Å². The van der Waals surface area contributed by atoms with E-state index in [1.165, 1.54) is 6.07 Å². The molecule has 0 aliphatic heterocycles. The van der Waals surface area contributed by atoms with Crippen molar-refractivity contribution in [3.8, 4) is 0 Å². The quantitative estimate of drug-likeness (QED) is 0.927. The average Bonchev–Trinajstić information content (AvgIpc) is 2.45. The van der Waals surface area contributed by atoms with Gasteiger partial charge in [-0.1, -0.05) is 0 Å². The Morgan fingerprint density at radius 1 is 1.30 bits per heavy atom. The van der Waals surface area contributed by atoms with Gasteiger partial charge in [0, 0.05) is 36.8 Å². The molecule has 0 saturated heterocycles. The van der Waals surface area contributed by atoms with Crippen molar-refractivity contribution < 1.29 is 4.79 Å². The first-order valence-electron chi connectivity index (χ1n) is 6.37.